The standard InChI is InChI=1S/C13H17N3O2/c1-7-5-10(18-4)8(2)12(17)11(7)9-6-15-16(3)13(9)14/h5-6,17H,14H2,1-4H3. The number of hydrogen-bond donors (Lipinski definition) is 2. The molecule has 0 atom stereocenters. The molecule has 0 radical (unpaired) electrons. The lowest BCUT2D eigenvalue weighted by Crippen LogP contribution is -1.99. The lowest BCUT2D eigenvalue weighted by Gasteiger charge is -2.14. The first kappa shape index (κ1) is 12.3. The molecule has 0 aliphatic rings. The summed E-state index contributed by atoms with van der Waals surface area (Å²) in [5.41, 5.74) is 8.99. The Morgan fingerprint density at radius 2 is 2.06 bits per heavy atom. The van der Waals surface area contributed by atoms with Gasteiger partial charge in [-0.2, -0.15) is 5.10 Å². The maximum Gasteiger partial charge on any atom is 0.130 e. The van der Waals surface area contributed by atoms with Crippen molar-refractivity contribution in [2.75, 3.05) is 12.8 Å². The zero-order chi connectivity index (χ0) is 13.4. The van der Waals surface area contributed by atoms with E-state index in [1.807, 2.05) is 19.9 Å². The van der Waals surface area contributed by atoms with Gasteiger partial charge in [0.15, 0.2) is 0 Å². The van der Waals surface area contributed by atoms with Crippen LogP contribution in [0.3, 0.4) is 0 Å². The minimum absolute atomic E-state index is 0.187. The van der Waals surface area contributed by atoms with Gasteiger partial charge in [-0.05, 0) is 25.5 Å². The van der Waals surface area contributed by atoms with E-state index in [2.05, 4.69) is 5.10 Å². The molecule has 3 N–H and O–H groups in total. The van der Waals surface area contributed by atoms with Crippen LogP contribution in [0.4, 0.5) is 5.82 Å². The van der Waals surface area contributed by atoms with E-state index >= 15 is 0 Å². The Kier molecular flexibility index (Phi) is 2.90. The molecule has 0 amide bonds. The summed E-state index contributed by atoms with van der Waals surface area (Å²) < 4.78 is 6.80. The molecular formula is C13H17N3O2. The van der Waals surface area contributed by atoms with Crippen molar-refractivity contribution in [3.8, 4) is 22.6 Å². The molecule has 2 rings (SSSR count). The van der Waals surface area contributed by atoms with Crippen molar-refractivity contribution in [1.29, 1.82) is 0 Å². The Labute approximate surface area is 106 Å². The lowest BCUT2D eigenvalue weighted by atomic mass is 9.98. The molecule has 0 fully saturated rings. The number of methoxy groups -OCH3 is 1. The van der Waals surface area contributed by atoms with E-state index in [1.54, 1.807) is 25.0 Å². The van der Waals surface area contributed by atoms with Crippen molar-refractivity contribution >= 4 is 5.82 Å². The largest absolute Gasteiger partial charge is 0.507 e. The van der Waals surface area contributed by atoms with Crippen LogP contribution < -0.4 is 10.5 Å². The lowest BCUT2D eigenvalue weighted by molar-refractivity contribution is 0.403. The quantitative estimate of drug-likeness (QED) is 0.851. The normalized spacial score (nSPS) is 10.7. The number of aromatic hydroxyl groups is 1. The molecule has 0 aliphatic heterocycles. The highest BCUT2D eigenvalue weighted by Gasteiger charge is 2.18. The Bertz CT molecular complexity index is 603. The topological polar surface area (TPSA) is 73.3 Å². The Morgan fingerprint density at radius 1 is 1.39 bits per heavy atom. The summed E-state index contributed by atoms with van der Waals surface area (Å²) in [6, 6.07) is 1.89. The van der Waals surface area contributed by atoms with Crippen LogP contribution in [-0.4, -0.2) is 22.0 Å². The summed E-state index contributed by atoms with van der Waals surface area (Å²) in [5.74, 6) is 1.38. The number of phenolic OH excluding ortho intramolecular Hbond substituents is 1. The first-order valence-corrected chi connectivity index (χ1v) is 5.62. The number of ether oxygens (including phenoxy) is 1. The fraction of sp³-hybridized carbons (Fsp3) is 0.308. The van der Waals surface area contributed by atoms with Gasteiger partial charge in [0.05, 0.1) is 13.3 Å². The minimum atomic E-state index is 0.187. The van der Waals surface area contributed by atoms with Crippen molar-refractivity contribution in [1.82, 2.24) is 9.78 Å². The maximum absolute atomic E-state index is 10.3. The van der Waals surface area contributed by atoms with Gasteiger partial charge < -0.3 is 15.6 Å². The monoisotopic (exact) mass is 247 g/mol. The Morgan fingerprint density at radius 3 is 2.56 bits per heavy atom. The van der Waals surface area contributed by atoms with E-state index < -0.39 is 0 Å². The first-order valence-electron chi connectivity index (χ1n) is 5.62. The van der Waals surface area contributed by atoms with Crippen molar-refractivity contribution in [2.24, 2.45) is 7.05 Å². The minimum Gasteiger partial charge on any atom is -0.507 e. The van der Waals surface area contributed by atoms with Crippen LogP contribution in [-0.2, 0) is 7.05 Å². The van der Waals surface area contributed by atoms with Crippen LogP contribution in [0.25, 0.3) is 11.1 Å². The molecule has 0 unspecified atom stereocenters. The van der Waals surface area contributed by atoms with Crippen LogP contribution >= 0.6 is 0 Å². The van der Waals surface area contributed by atoms with Gasteiger partial charge in [0, 0.05) is 23.7 Å². The predicted molar refractivity (Wildman–Crippen MR) is 70.7 cm³/mol. The van der Waals surface area contributed by atoms with Gasteiger partial charge in [0.1, 0.15) is 17.3 Å². The van der Waals surface area contributed by atoms with Crippen molar-refractivity contribution in [3.05, 3.63) is 23.4 Å². The van der Waals surface area contributed by atoms with E-state index in [0.29, 0.717) is 22.7 Å². The van der Waals surface area contributed by atoms with Crippen molar-refractivity contribution < 1.29 is 9.84 Å². The highest BCUT2D eigenvalue weighted by molar-refractivity contribution is 5.82. The Hall–Kier alpha value is -2.17. The molecule has 0 bridgehead atoms. The van der Waals surface area contributed by atoms with Crippen molar-refractivity contribution in [3.63, 3.8) is 0 Å². The van der Waals surface area contributed by atoms with Gasteiger partial charge in [0.25, 0.3) is 0 Å². The number of aryl methyl sites for hydroxylation is 2. The predicted octanol–water partition coefficient (Wildman–Crippen LogP) is 2.00. The van der Waals surface area contributed by atoms with Crippen LogP contribution in [0.15, 0.2) is 12.3 Å². The molecule has 1 heterocycles. The third-order valence-electron chi connectivity index (χ3n) is 3.18. The van der Waals surface area contributed by atoms with Crippen LogP contribution in [0.1, 0.15) is 11.1 Å². The zero-order valence-electron chi connectivity index (χ0n) is 11.0. The molecule has 0 saturated carbocycles. The third-order valence-corrected chi connectivity index (χ3v) is 3.18. The van der Waals surface area contributed by atoms with Gasteiger partial charge in [-0.3, -0.25) is 4.68 Å². The number of nitrogens with zero attached hydrogens (tertiary/aromatic N) is 2. The second-order valence-corrected chi connectivity index (χ2v) is 4.31. The van der Waals surface area contributed by atoms with E-state index in [0.717, 1.165) is 11.1 Å². The molecule has 18 heavy (non-hydrogen) atoms. The third kappa shape index (κ3) is 1.68. The van der Waals surface area contributed by atoms with E-state index in [9.17, 15) is 5.11 Å². The molecule has 5 heteroatoms. The smallest absolute Gasteiger partial charge is 0.130 e. The second kappa shape index (κ2) is 4.25. The van der Waals surface area contributed by atoms with Crippen LogP contribution in [0, 0.1) is 13.8 Å². The maximum atomic E-state index is 10.3. The number of hydrogen-bond acceptors (Lipinski definition) is 4. The molecule has 0 aliphatic carbocycles. The summed E-state index contributed by atoms with van der Waals surface area (Å²) in [5, 5.41) is 14.4. The van der Waals surface area contributed by atoms with E-state index in [-0.39, 0.29) is 5.75 Å². The summed E-state index contributed by atoms with van der Waals surface area (Å²) in [6.45, 7) is 3.72. The fourth-order valence-corrected chi connectivity index (χ4v) is 2.06. The molecule has 0 saturated heterocycles. The highest BCUT2D eigenvalue weighted by atomic mass is 16.5. The average molecular weight is 247 g/mol. The second-order valence-electron chi connectivity index (χ2n) is 4.31. The van der Waals surface area contributed by atoms with Gasteiger partial charge in [-0.25, -0.2) is 0 Å². The van der Waals surface area contributed by atoms with E-state index in [1.165, 1.54) is 0 Å². The fourth-order valence-electron chi connectivity index (χ4n) is 2.06. The zero-order valence-corrected chi connectivity index (χ0v) is 11.0. The summed E-state index contributed by atoms with van der Waals surface area (Å²) in [6.07, 6.45) is 1.66. The number of nitrogen functional groups attached to an aromatic ring is 1. The first-order chi connectivity index (χ1) is 8.47. The average Bonchev–Trinajstić information content (AvgIpc) is 2.66. The molecule has 96 valence electrons. The van der Waals surface area contributed by atoms with Gasteiger partial charge in [0.2, 0.25) is 0 Å². The molecule has 1 aromatic carbocycles. The molecular weight excluding hydrogens is 230 g/mol. The number of aromatic nitrogens is 2. The summed E-state index contributed by atoms with van der Waals surface area (Å²) >= 11 is 0. The number of nitrogens with two attached hydrogens (primary N) is 1. The van der Waals surface area contributed by atoms with Crippen LogP contribution in [0.5, 0.6) is 11.5 Å². The molecule has 1 aromatic heterocycles. The van der Waals surface area contributed by atoms with Crippen LogP contribution in [0.2, 0.25) is 0 Å². The number of anilines is 1. The number of rotatable bonds is 2. The van der Waals surface area contributed by atoms with Gasteiger partial charge >= 0.3 is 0 Å². The summed E-state index contributed by atoms with van der Waals surface area (Å²) in [4.78, 5) is 0. The molecule has 2 aromatic rings. The number of phenols is 1. The number of benzene rings is 1. The van der Waals surface area contributed by atoms with Gasteiger partial charge in [-0.1, -0.05) is 0 Å². The Balaban J connectivity index is 2.73. The summed E-state index contributed by atoms with van der Waals surface area (Å²) in [7, 11) is 3.35. The van der Waals surface area contributed by atoms with E-state index in [4.69, 9.17) is 10.5 Å². The van der Waals surface area contributed by atoms with Gasteiger partial charge in [-0.15, -0.1) is 0 Å². The van der Waals surface area contributed by atoms with Crippen molar-refractivity contribution in [2.45, 2.75) is 13.8 Å². The molecule has 5 nitrogen and oxygen atoms in total. The highest BCUT2D eigenvalue weighted by Crippen LogP contribution is 2.41. The molecule has 0 spiro atoms. The SMILES string of the molecule is COc1cc(C)c(-c2cnn(C)c2N)c(O)c1C.